The van der Waals surface area contributed by atoms with Gasteiger partial charge in [-0.25, -0.2) is 0 Å². The molecule has 0 radical (unpaired) electrons. The Kier molecular flexibility index (Phi) is 13.2. The van der Waals surface area contributed by atoms with Crippen molar-refractivity contribution >= 4 is 0 Å². The third-order valence-electron chi connectivity index (χ3n) is 4.91. The van der Waals surface area contributed by atoms with Crippen molar-refractivity contribution in [2.75, 3.05) is 27.2 Å². The molecule has 0 unspecified atom stereocenters. The van der Waals surface area contributed by atoms with E-state index >= 15 is 0 Å². The Morgan fingerprint density at radius 1 is 0.682 bits per heavy atom. The standard InChI is InChI=1S/C20H41NO/c1-21(2)18-15-19-22-20-16-13-11-9-7-5-3-4-6-8-10-12-14-17-20/h20H,3-19H2,1-2H3. The Bertz CT molecular complexity index is 214. The molecule has 0 aliphatic heterocycles. The van der Waals surface area contributed by atoms with Crippen molar-refractivity contribution in [2.45, 2.75) is 102 Å². The second kappa shape index (κ2) is 14.5. The summed E-state index contributed by atoms with van der Waals surface area (Å²) < 4.78 is 6.19. The van der Waals surface area contributed by atoms with Crippen LogP contribution in [-0.2, 0) is 4.74 Å². The van der Waals surface area contributed by atoms with Crippen LogP contribution in [-0.4, -0.2) is 38.3 Å². The monoisotopic (exact) mass is 311 g/mol. The highest BCUT2D eigenvalue weighted by Gasteiger charge is 2.09. The van der Waals surface area contributed by atoms with Gasteiger partial charge in [0.25, 0.3) is 0 Å². The van der Waals surface area contributed by atoms with Gasteiger partial charge in [0, 0.05) is 6.61 Å². The third kappa shape index (κ3) is 12.5. The maximum atomic E-state index is 6.19. The van der Waals surface area contributed by atoms with E-state index in [0.29, 0.717) is 6.10 Å². The molecule has 0 atom stereocenters. The van der Waals surface area contributed by atoms with E-state index in [-0.39, 0.29) is 0 Å². The maximum Gasteiger partial charge on any atom is 0.0575 e. The van der Waals surface area contributed by atoms with Crippen LogP contribution in [0.4, 0.5) is 0 Å². The lowest BCUT2D eigenvalue weighted by atomic mass is 10.0. The van der Waals surface area contributed by atoms with Crippen molar-refractivity contribution < 1.29 is 4.74 Å². The Balaban J connectivity index is 2.20. The van der Waals surface area contributed by atoms with E-state index in [1.807, 2.05) is 0 Å². The predicted molar refractivity (Wildman–Crippen MR) is 97.5 cm³/mol. The zero-order chi connectivity index (χ0) is 15.9. The lowest BCUT2D eigenvalue weighted by molar-refractivity contribution is 0.0342. The van der Waals surface area contributed by atoms with E-state index in [0.717, 1.165) is 13.2 Å². The summed E-state index contributed by atoms with van der Waals surface area (Å²) in [5, 5.41) is 0. The smallest absolute Gasteiger partial charge is 0.0575 e. The number of hydrogen-bond acceptors (Lipinski definition) is 2. The second-order valence-electron chi connectivity index (χ2n) is 7.47. The molecule has 0 bridgehead atoms. The first-order valence-corrected chi connectivity index (χ1v) is 10.1. The molecule has 0 aromatic heterocycles. The molecule has 132 valence electrons. The molecule has 1 rings (SSSR count). The summed E-state index contributed by atoms with van der Waals surface area (Å²) in [6.07, 6.45) is 21.5. The molecule has 2 nitrogen and oxygen atoms in total. The van der Waals surface area contributed by atoms with Gasteiger partial charge in [-0.2, -0.15) is 0 Å². The Morgan fingerprint density at radius 2 is 1.09 bits per heavy atom. The van der Waals surface area contributed by atoms with Gasteiger partial charge in [-0.05, 0) is 39.9 Å². The molecule has 0 N–H and O–H groups in total. The minimum atomic E-state index is 0.535. The van der Waals surface area contributed by atoms with Gasteiger partial charge in [0.2, 0.25) is 0 Å². The molecule has 2 heteroatoms. The molecular weight excluding hydrogens is 270 g/mol. The molecule has 0 heterocycles. The van der Waals surface area contributed by atoms with E-state index in [4.69, 9.17) is 4.74 Å². The minimum absolute atomic E-state index is 0.535. The summed E-state index contributed by atoms with van der Waals surface area (Å²) in [6.45, 7) is 2.09. The SMILES string of the molecule is CN(C)CCCOC1CCCCCCCCCCCCCC1. The van der Waals surface area contributed by atoms with Gasteiger partial charge in [0.05, 0.1) is 6.10 Å². The molecule has 22 heavy (non-hydrogen) atoms. The van der Waals surface area contributed by atoms with Crippen molar-refractivity contribution in [1.29, 1.82) is 0 Å². The number of rotatable bonds is 5. The highest BCUT2D eigenvalue weighted by Crippen LogP contribution is 2.18. The zero-order valence-corrected chi connectivity index (χ0v) is 15.5. The number of nitrogens with zero attached hydrogens (tertiary/aromatic N) is 1. The fourth-order valence-electron chi connectivity index (χ4n) is 3.45. The first-order valence-electron chi connectivity index (χ1n) is 10.1. The Labute approximate surface area is 140 Å². The highest BCUT2D eigenvalue weighted by atomic mass is 16.5. The van der Waals surface area contributed by atoms with Crippen molar-refractivity contribution in [2.24, 2.45) is 0 Å². The van der Waals surface area contributed by atoms with Crippen LogP contribution in [0.25, 0.3) is 0 Å². The quantitative estimate of drug-likeness (QED) is 0.595. The molecule has 0 saturated heterocycles. The molecule has 0 spiro atoms. The molecule has 1 aliphatic rings. The van der Waals surface area contributed by atoms with E-state index < -0.39 is 0 Å². The average molecular weight is 312 g/mol. The molecule has 1 saturated carbocycles. The van der Waals surface area contributed by atoms with Crippen LogP contribution in [0.2, 0.25) is 0 Å². The number of hydrogen-bond donors (Lipinski definition) is 0. The van der Waals surface area contributed by atoms with E-state index in [1.165, 1.54) is 96.3 Å². The van der Waals surface area contributed by atoms with Crippen LogP contribution in [0.5, 0.6) is 0 Å². The molecule has 1 fully saturated rings. The summed E-state index contributed by atoms with van der Waals surface area (Å²) >= 11 is 0. The van der Waals surface area contributed by atoms with Crippen LogP contribution in [0.1, 0.15) is 96.3 Å². The van der Waals surface area contributed by atoms with E-state index in [2.05, 4.69) is 19.0 Å². The lowest BCUT2D eigenvalue weighted by Gasteiger charge is -2.19. The van der Waals surface area contributed by atoms with Crippen LogP contribution >= 0.6 is 0 Å². The second-order valence-corrected chi connectivity index (χ2v) is 7.47. The summed E-state index contributed by atoms with van der Waals surface area (Å²) in [7, 11) is 4.29. The lowest BCUT2D eigenvalue weighted by Crippen LogP contribution is -2.18. The van der Waals surface area contributed by atoms with Gasteiger partial charge in [-0.1, -0.05) is 77.0 Å². The minimum Gasteiger partial charge on any atom is -0.378 e. The van der Waals surface area contributed by atoms with Gasteiger partial charge in [0.1, 0.15) is 0 Å². The molecule has 0 amide bonds. The first-order chi connectivity index (χ1) is 10.8. The van der Waals surface area contributed by atoms with Crippen molar-refractivity contribution in [1.82, 2.24) is 4.90 Å². The van der Waals surface area contributed by atoms with Gasteiger partial charge < -0.3 is 9.64 Å². The van der Waals surface area contributed by atoms with Gasteiger partial charge in [0.15, 0.2) is 0 Å². The average Bonchev–Trinajstić information content (AvgIpc) is 2.50. The normalized spacial score (nSPS) is 21.4. The molecule has 1 aliphatic carbocycles. The summed E-state index contributed by atoms with van der Waals surface area (Å²) in [6, 6.07) is 0. The summed E-state index contributed by atoms with van der Waals surface area (Å²) in [5.41, 5.74) is 0. The maximum absolute atomic E-state index is 6.19. The summed E-state index contributed by atoms with van der Waals surface area (Å²) in [5.74, 6) is 0. The number of ether oxygens (including phenoxy) is 1. The zero-order valence-electron chi connectivity index (χ0n) is 15.5. The third-order valence-corrected chi connectivity index (χ3v) is 4.91. The Morgan fingerprint density at radius 3 is 1.50 bits per heavy atom. The largest absolute Gasteiger partial charge is 0.378 e. The van der Waals surface area contributed by atoms with Gasteiger partial charge in [-0.15, -0.1) is 0 Å². The van der Waals surface area contributed by atoms with Crippen LogP contribution in [0, 0.1) is 0 Å². The first kappa shape index (κ1) is 20.0. The topological polar surface area (TPSA) is 12.5 Å². The molecular formula is C20H41NO. The van der Waals surface area contributed by atoms with Crippen LogP contribution in [0.15, 0.2) is 0 Å². The summed E-state index contributed by atoms with van der Waals surface area (Å²) in [4.78, 5) is 2.25. The van der Waals surface area contributed by atoms with E-state index in [1.54, 1.807) is 0 Å². The van der Waals surface area contributed by atoms with Gasteiger partial charge in [-0.3, -0.25) is 0 Å². The van der Waals surface area contributed by atoms with Crippen molar-refractivity contribution in [3.05, 3.63) is 0 Å². The van der Waals surface area contributed by atoms with Crippen LogP contribution < -0.4 is 0 Å². The highest BCUT2D eigenvalue weighted by molar-refractivity contribution is 4.61. The predicted octanol–water partition coefficient (Wildman–Crippen LogP) is 5.80. The van der Waals surface area contributed by atoms with Crippen molar-refractivity contribution in [3.63, 3.8) is 0 Å². The fourth-order valence-corrected chi connectivity index (χ4v) is 3.45. The Hall–Kier alpha value is -0.0800. The van der Waals surface area contributed by atoms with Crippen molar-refractivity contribution in [3.8, 4) is 0 Å². The molecule has 0 aromatic carbocycles. The fraction of sp³-hybridized carbons (Fsp3) is 1.00. The van der Waals surface area contributed by atoms with Gasteiger partial charge >= 0.3 is 0 Å². The van der Waals surface area contributed by atoms with Crippen LogP contribution in [0.3, 0.4) is 0 Å². The van der Waals surface area contributed by atoms with E-state index in [9.17, 15) is 0 Å². The molecule has 0 aromatic rings.